The normalized spacial score (nSPS) is 11.3. The Morgan fingerprint density at radius 1 is 0.879 bits per heavy atom. The lowest BCUT2D eigenvalue weighted by molar-refractivity contribution is 0.509. The molecule has 0 unspecified atom stereocenters. The van der Waals surface area contributed by atoms with Crippen LogP contribution in [0, 0.1) is 18.6 Å². The molecular weight excluding hydrogens is 466 g/mol. The maximum absolute atomic E-state index is 13.6. The van der Waals surface area contributed by atoms with Gasteiger partial charge >= 0.3 is 5.69 Å². The molecule has 0 aliphatic rings. The van der Waals surface area contributed by atoms with Crippen LogP contribution < -0.4 is 11.2 Å². The van der Waals surface area contributed by atoms with Gasteiger partial charge in [0.25, 0.3) is 5.56 Å². The number of hydrogen-bond donors (Lipinski definition) is 1. The molecular formula is C25H15ClF2N2O2S. The number of aryl methyl sites for hydroxylation is 1. The Labute approximate surface area is 195 Å². The van der Waals surface area contributed by atoms with Crippen molar-refractivity contribution in [3.05, 3.63) is 109 Å². The first-order valence-corrected chi connectivity index (χ1v) is 11.2. The average molecular weight is 481 g/mol. The van der Waals surface area contributed by atoms with Crippen LogP contribution in [0.5, 0.6) is 0 Å². The van der Waals surface area contributed by atoms with Crippen molar-refractivity contribution in [3.8, 4) is 27.9 Å². The van der Waals surface area contributed by atoms with Crippen LogP contribution in [0.3, 0.4) is 0 Å². The fourth-order valence-corrected chi connectivity index (χ4v) is 4.83. The zero-order valence-electron chi connectivity index (χ0n) is 17.2. The smallest absolute Gasteiger partial charge is 0.298 e. The number of aromatic amines is 1. The topological polar surface area (TPSA) is 54.9 Å². The molecule has 0 atom stereocenters. The lowest BCUT2D eigenvalue weighted by atomic mass is 10.0. The van der Waals surface area contributed by atoms with Gasteiger partial charge < -0.3 is 0 Å². The molecule has 0 amide bonds. The quantitative estimate of drug-likeness (QED) is 0.329. The highest BCUT2D eigenvalue weighted by Crippen LogP contribution is 2.32. The number of rotatable bonds is 3. The molecule has 0 saturated carbocycles. The van der Waals surface area contributed by atoms with Gasteiger partial charge in [0.15, 0.2) is 11.6 Å². The molecule has 8 heteroatoms. The summed E-state index contributed by atoms with van der Waals surface area (Å²) in [6.45, 7) is 1.84. The molecule has 164 valence electrons. The van der Waals surface area contributed by atoms with E-state index >= 15 is 0 Å². The van der Waals surface area contributed by atoms with Gasteiger partial charge in [-0.3, -0.25) is 9.78 Å². The van der Waals surface area contributed by atoms with Gasteiger partial charge in [0.1, 0.15) is 4.83 Å². The van der Waals surface area contributed by atoms with Crippen LogP contribution in [0.25, 0.3) is 38.2 Å². The first-order chi connectivity index (χ1) is 15.8. The second kappa shape index (κ2) is 8.10. The van der Waals surface area contributed by atoms with Crippen LogP contribution in [0.4, 0.5) is 8.78 Å². The molecule has 3 aromatic carbocycles. The number of thiophene rings is 1. The van der Waals surface area contributed by atoms with Crippen LogP contribution >= 0.6 is 22.9 Å². The van der Waals surface area contributed by atoms with Gasteiger partial charge in [-0.05, 0) is 53.4 Å². The molecule has 0 aliphatic carbocycles. The SMILES string of the molecule is Cc1ccc(-n2c(=O)[nH]c3scc(-c4ccc(-c5ccc(F)c(F)c5)cc4)c3c2=O)cc1Cl. The molecule has 33 heavy (non-hydrogen) atoms. The Morgan fingerprint density at radius 3 is 2.27 bits per heavy atom. The van der Waals surface area contributed by atoms with E-state index in [0.29, 0.717) is 37.6 Å². The van der Waals surface area contributed by atoms with Gasteiger partial charge in [-0.25, -0.2) is 18.1 Å². The third-order valence-corrected chi connectivity index (χ3v) is 6.80. The summed E-state index contributed by atoms with van der Waals surface area (Å²) < 4.78 is 27.9. The number of H-pyrrole nitrogens is 1. The molecule has 2 heterocycles. The predicted octanol–water partition coefficient (Wildman–Crippen LogP) is 6.31. The van der Waals surface area contributed by atoms with E-state index in [1.807, 2.05) is 6.92 Å². The summed E-state index contributed by atoms with van der Waals surface area (Å²) >= 11 is 7.47. The van der Waals surface area contributed by atoms with E-state index in [-0.39, 0.29) is 0 Å². The van der Waals surface area contributed by atoms with E-state index in [2.05, 4.69) is 4.98 Å². The van der Waals surface area contributed by atoms with E-state index in [0.717, 1.165) is 27.8 Å². The highest BCUT2D eigenvalue weighted by atomic mass is 35.5. The molecule has 2 aromatic heterocycles. The second-order valence-electron chi connectivity index (χ2n) is 7.56. The number of hydrogen-bond acceptors (Lipinski definition) is 3. The molecule has 0 saturated heterocycles. The van der Waals surface area contributed by atoms with Crippen LogP contribution in [0.2, 0.25) is 5.02 Å². The zero-order chi connectivity index (χ0) is 23.3. The van der Waals surface area contributed by atoms with Crippen molar-refractivity contribution in [2.75, 3.05) is 0 Å². The van der Waals surface area contributed by atoms with Crippen molar-refractivity contribution in [2.24, 2.45) is 0 Å². The maximum atomic E-state index is 13.6. The zero-order valence-corrected chi connectivity index (χ0v) is 18.7. The Morgan fingerprint density at radius 2 is 1.58 bits per heavy atom. The van der Waals surface area contributed by atoms with Crippen molar-refractivity contribution in [2.45, 2.75) is 6.92 Å². The van der Waals surface area contributed by atoms with Gasteiger partial charge in [0.05, 0.1) is 11.1 Å². The Bertz CT molecular complexity index is 1650. The van der Waals surface area contributed by atoms with Crippen molar-refractivity contribution < 1.29 is 8.78 Å². The summed E-state index contributed by atoms with van der Waals surface area (Å²) in [5, 5.41) is 2.65. The van der Waals surface area contributed by atoms with Crippen molar-refractivity contribution in [1.82, 2.24) is 9.55 Å². The fourth-order valence-electron chi connectivity index (χ4n) is 3.71. The van der Waals surface area contributed by atoms with E-state index in [4.69, 9.17) is 11.6 Å². The molecule has 0 bridgehead atoms. The number of nitrogens with one attached hydrogen (secondary N) is 1. The molecule has 0 spiro atoms. The first kappa shape index (κ1) is 21.3. The van der Waals surface area contributed by atoms with Crippen molar-refractivity contribution in [3.63, 3.8) is 0 Å². The van der Waals surface area contributed by atoms with Crippen LogP contribution in [-0.2, 0) is 0 Å². The van der Waals surface area contributed by atoms with Crippen LogP contribution in [0.1, 0.15) is 5.56 Å². The lowest BCUT2D eigenvalue weighted by Crippen LogP contribution is -2.33. The third kappa shape index (κ3) is 3.69. The summed E-state index contributed by atoms with van der Waals surface area (Å²) in [5.41, 5.74) is 2.89. The minimum absolute atomic E-state index is 0.379. The summed E-state index contributed by atoms with van der Waals surface area (Å²) in [6.07, 6.45) is 0. The summed E-state index contributed by atoms with van der Waals surface area (Å²) in [5.74, 6) is -1.82. The van der Waals surface area contributed by atoms with E-state index in [1.54, 1.807) is 47.8 Å². The lowest BCUT2D eigenvalue weighted by Gasteiger charge is -2.08. The summed E-state index contributed by atoms with van der Waals surface area (Å²) in [6, 6.07) is 15.9. The number of aromatic nitrogens is 2. The standard InChI is InChI=1S/C25H15ClF2N2O2S/c1-13-2-8-17(11-19(13)26)30-24(31)22-18(12-33-23(22)29-25(30)32)15-5-3-14(4-6-15)16-7-9-20(27)21(28)10-16/h2-12H,1H3,(H,29,32). The minimum Gasteiger partial charge on any atom is -0.298 e. The van der Waals surface area contributed by atoms with Gasteiger partial charge in [-0.2, -0.15) is 0 Å². The predicted molar refractivity (Wildman–Crippen MR) is 129 cm³/mol. The Hall–Kier alpha value is -3.55. The van der Waals surface area contributed by atoms with Crippen LogP contribution in [-0.4, -0.2) is 9.55 Å². The highest BCUT2D eigenvalue weighted by molar-refractivity contribution is 7.17. The van der Waals surface area contributed by atoms with E-state index in [1.165, 1.54) is 17.4 Å². The molecule has 5 aromatic rings. The number of nitrogens with zero attached hydrogens (tertiary/aromatic N) is 1. The highest BCUT2D eigenvalue weighted by Gasteiger charge is 2.17. The van der Waals surface area contributed by atoms with Gasteiger partial charge in [0.2, 0.25) is 0 Å². The Balaban J connectivity index is 1.63. The third-order valence-electron chi connectivity index (χ3n) is 5.49. The van der Waals surface area contributed by atoms with Crippen LogP contribution in [0.15, 0.2) is 75.6 Å². The largest absolute Gasteiger partial charge is 0.334 e. The molecule has 0 radical (unpaired) electrons. The molecule has 1 N–H and O–H groups in total. The molecule has 0 aliphatic heterocycles. The fraction of sp³-hybridized carbons (Fsp3) is 0.0400. The van der Waals surface area contributed by atoms with Crippen molar-refractivity contribution >= 4 is 33.2 Å². The number of benzene rings is 3. The molecule has 5 rings (SSSR count). The van der Waals surface area contributed by atoms with Gasteiger partial charge in [-0.1, -0.05) is 48.0 Å². The monoisotopic (exact) mass is 480 g/mol. The van der Waals surface area contributed by atoms with Crippen molar-refractivity contribution in [1.29, 1.82) is 0 Å². The maximum Gasteiger partial charge on any atom is 0.334 e. The molecule has 4 nitrogen and oxygen atoms in total. The average Bonchev–Trinajstić information content (AvgIpc) is 3.22. The second-order valence-corrected chi connectivity index (χ2v) is 8.85. The van der Waals surface area contributed by atoms with Gasteiger partial charge in [-0.15, -0.1) is 11.3 Å². The van der Waals surface area contributed by atoms with E-state index in [9.17, 15) is 18.4 Å². The number of fused-ring (bicyclic) bond motifs is 1. The summed E-state index contributed by atoms with van der Waals surface area (Å²) in [7, 11) is 0. The number of halogens is 3. The Kier molecular flexibility index (Phi) is 5.23. The minimum atomic E-state index is -0.916. The first-order valence-electron chi connectivity index (χ1n) is 9.92. The molecule has 0 fully saturated rings. The van der Waals surface area contributed by atoms with Gasteiger partial charge in [0, 0.05) is 16.0 Å². The summed E-state index contributed by atoms with van der Waals surface area (Å²) in [4.78, 5) is 29.3. The van der Waals surface area contributed by atoms with E-state index < -0.39 is 22.9 Å².